The van der Waals surface area contributed by atoms with Gasteiger partial charge in [-0.2, -0.15) is 0 Å². The maximum atomic E-state index is 5.98. The number of ether oxygens (including phenoxy) is 1. The Kier molecular flexibility index (Phi) is 4.15. The van der Waals surface area contributed by atoms with E-state index in [1.54, 1.807) is 7.11 Å². The fourth-order valence-electron chi connectivity index (χ4n) is 1.80. The van der Waals surface area contributed by atoms with Crippen LogP contribution in [0.5, 0.6) is 5.75 Å². The van der Waals surface area contributed by atoms with Gasteiger partial charge in [-0.15, -0.1) is 0 Å². The second kappa shape index (κ2) is 5.17. The van der Waals surface area contributed by atoms with E-state index in [-0.39, 0.29) is 6.04 Å². The Balaban J connectivity index is 2.98. The number of aryl methyl sites for hydroxylation is 2. The van der Waals surface area contributed by atoms with Crippen LogP contribution in [-0.4, -0.2) is 13.2 Å². The van der Waals surface area contributed by atoms with Crippen LogP contribution in [0.2, 0.25) is 0 Å². The van der Waals surface area contributed by atoms with Crippen molar-refractivity contribution >= 4 is 0 Å². The van der Waals surface area contributed by atoms with Crippen LogP contribution in [-0.2, 0) is 6.42 Å². The zero-order valence-corrected chi connectivity index (χ0v) is 10.1. The van der Waals surface area contributed by atoms with Gasteiger partial charge in [-0.1, -0.05) is 6.92 Å². The van der Waals surface area contributed by atoms with Gasteiger partial charge in [-0.25, -0.2) is 0 Å². The molecular weight excluding hydrogens is 186 g/mol. The van der Waals surface area contributed by atoms with E-state index < -0.39 is 0 Å². The van der Waals surface area contributed by atoms with E-state index >= 15 is 0 Å². The minimum atomic E-state index is 0.260. The summed E-state index contributed by atoms with van der Waals surface area (Å²) in [4.78, 5) is 0. The third kappa shape index (κ3) is 2.96. The topological polar surface area (TPSA) is 35.2 Å². The first-order valence-corrected chi connectivity index (χ1v) is 5.48. The van der Waals surface area contributed by atoms with Crippen molar-refractivity contribution in [3.05, 3.63) is 28.8 Å². The van der Waals surface area contributed by atoms with Crippen molar-refractivity contribution < 1.29 is 4.74 Å². The summed E-state index contributed by atoms with van der Waals surface area (Å²) >= 11 is 0. The maximum Gasteiger partial charge on any atom is 0.119 e. The van der Waals surface area contributed by atoms with Crippen LogP contribution in [0.3, 0.4) is 0 Å². The molecule has 0 spiro atoms. The quantitative estimate of drug-likeness (QED) is 0.823. The Bertz CT molecular complexity index is 310. The SMILES string of the molecule is CCC(N)Cc1c(C)cc(OC)cc1C. The predicted octanol–water partition coefficient (Wildman–Crippen LogP) is 2.59. The summed E-state index contributed by atoms with van der Waals surface area (Å²) in [6.07, 6.45) is 1.98. The van der Waals surface area contributed by atoms with Crippen LogP contribution in [0.4, 0.5) is 0 Å². The van der Waals surface area contributed by atoms with Gasteiger partial charge in [-0.3, -0.25) is 0 Å². The summed E-state index contributed by atoms with van der Waals surface area (Å²) in [6, 6.07) is 4.41. The number of methoxy groups -OCH3 is 1. The summed E-state index contributed by atoms with van der Waals surface area (Å²) in [5, 5.41) is 0. The van der Waals surface area contributed by atoms with Crippen LogP contribution in [0, 0.1) is 13.8 Å². The molecule has 1 aromatic carbocycles. The van der Waals surface area contributed by atoms with Gasteiger partial charge in [0, 0.05) is 6.04 Å². The molecule has 0 aliphatic heterocycles. The van der Waals surface area contributed by atoms with E-state index in [4.69, 9.17) is 10.5 Å². The predicted molar refractivity (Wildman–Crippen MR) is 64.4 cm³/mol. The van der Waals surface area contributed by atoms with E-state index in [1.807, 2.05) is 0 Å². The lowest BCUT2D eigenvalue weighted by atomic mass is 9.95. The van der Waals surface area contributed by atoms with Gasteiger partial charge in [0.25, 0.3) is 0 Å². The van der Waals surface area contributed by atoms with Gasteiger partial charge in [0.2, 0.25) is 0 Å². The van der Waals surface area contributed by atoms with Crippen molar-refractivity contribution in [1.82, 2.24) is 0 Å². The molecular formula is C13H21NO. The van der Waals surface area contributed by atoms with Gasteiger partial charge in [0.1, 0.15) is 5.75 Å². The highest BCUT2D eigenvalue weighted by molar-refractivity contribution is 5.41. The zero-order chi connectivity index (χ0) is 11.4. The number of hydrogen-bond donors (Lipinski definition) is 1. The lowest BCUT2D eigenvalue weighted by molar-refractivity contribution is 0.414. The summed E-state index contributed by atoms with van der Waals surface area (Å²) in [7, 11) is 1.70. The number of rotatable bonds is 4. The fraction of sp³-hybridized carbons (Fsp3) is 0.538. The highest BCUT2D eigenvalue weighted by atomic mass is 16.5. The van der Waals surface area contributed by atoms with Crippen molar-refractivity contribution in [2.75, 3.05) is 7.11 Å². The Labute approximate surface area is 92.4 Å². The molecule has 1 rings (SSSR count). The zero-order valence-electron chi connectivity index (χ0n) is 10.1. The molecule has 1 aromatic rings. The first kappa shape index (κ1) is 12.1. The molecule has 0 saturated carbocycles. The molecule has 2 heteroatoms. The summed E-state index contributed by atoms with van der Waals surface area (Å²) in [6.45, 7) is 6.36. The Hall–Kier alpha value is -1.02. The third-order valence-electron chi connectivity index (χ3n) is 2.90. The number of hydrogen-bond acceptors (Lipinski definition) is 2. The second-order valence-corrected chi connectivity index (χ2v) is 4.11. The standard InChI is InChI=1S/C13H21NO/c1-5-11(14)8-13-9(2)6-12(15-4)7-10(13)3/h6-7,11H,5,8,14H2,1-4H3. The normalized spacial score (nSPS) is 12.6. The molecule has 0 bridgehead atoms. The second-order valence-electron chi connectivity index (χ2n) is 4.11. The average Bonchev–Trinajstić information content (AvgIpc) is 2.22. The van der Waals surface area contributed by atoms with Crippen molar-refractivity contribution in [3.8, 4) is 5.75 Å². The van der Waals surface area contributed by atoms with E-state index in [1.165, 1.54) is 16.7 Å². The van der Waals surface area contributed by atoms with E-state index in [9.17, 15) is 0 Å². The smallest absolute Gasteiger partial charge is 0.119 e. The molecule has 0 fully saturated rings. The molecule has 0 heterocycles. The lowest BCUT2D eigenvalue weighted by Gasteiger charge is -2.15. The van der Waals surface area contributed by atoms with Gasteiger partial charge >= 0.3 is 0 Å². The van der Waals surface area contributed by atoms with Crippen LogP contribution in [0.1, 0.15) is 30.0 Å². The van der Waals surface area contributed by atoms with Crippen LogP contribution in [0.25, 0.3) is 0 Å². The lowest BCUT2D eigenvalue weighted by Crippen LogP contribution is -2.22. The third-order valence-corrected chi connectivity index (χ3v) is 2.90. The molecule has 0 aliphatic carbocycles. The Morgan fingerprint density at radius 1 is 1.27 bits per heavy atom. The minimum Gasteiger partial charge on any atom is -0.497 e. The molecule has 1 unspecified atom stereocenters. The van der Waals surface area contributed by atoms with Gasteiger partial charge in [-0.05, 0) is 55.5 Å². The molecule has 2 N–H and O–H groups in total. The summed E-state index contributed by atoms with van der Waals surface area (Å²) < 4.78 is 5.23. The highest BCUT2D eigenvalue weighted by Crippen LogP contribution is 2.22. The van der Waals surface area contributed by atoms with Crippen molar-refractivity contribution in [3.63, 3.8) is 0 Å². The largest absolute Gasteiger partial charge is 0.497 e. The molecule has 2 nitrogen and oxygen atoms in total. The van der Waals surface area contributed by atoms with E-state index in [0.717, 1.165) is 18.6 Å². The van der Waals surface area contributed by atoms with Crippen molar-refractivity contribution in [2.24, 2.45) is 5.73 Å². The number of nitrogens with two attached hydrogens (primary N) is 1. The summed E-state index contributed by atoms with van der Waals surface area (Å²) in [5.74, 6) is 0.929. The first-order valence-electron chi connectivity index (χ1n) is 5.48. The summed E-state index contributed by atoms with van der Waals surface area (Å²) in [5.41, 5.74) is 9.90. The van der Waals surface area contributed by atoms with Gasteiger partial charge in [0.15, 0.2) is 0 Å². The van der Waals surface area contributed by atoms with Crippen molar-refractivity contribution in [2.45, 2.75) is 39.7 Å². The fourth-order valence-corrected chi connectivity index (χ4v) is 1.80. The first-order chi connectivity index (χ1) is 7.08. The van der Waals surface area contributed by atoms with Gasteiger partial charge in [0.05, 0.1) is 7.11 Å². The van der Waals surface area contributed by atoms with Crippen molar-refractivity contribution in [1.29, 1.82) is 0 Å². The Morgan fingerprint density at radius 3 is 2.20 bits per heavy atom. The highest BCUT2D eigenvalue weighted by Gasteiger charge is 2.08. The van der Waals surface area contributed by atoms with Crippen LogP contribution < -0.4 is 10.5 Å². The van der Waals surface area contributed by atoms with E-state index in [2.05, 4.69) is 32.9 Å². The molecule has 15 heavy (non-hydrogen) atoms. The number of benzene rings is 1. The van der Waals surface area contributed by atoms with Crippen LogP contribution in [0.15, 0.2) is 12.1 Å². The molecule has 0 aliphatic rings. The molecule has 84 valence electrons. The molecule has 0 amide bonds. The molecule has 0 radical (unpaired) electrons. The van der Waals surface area contributed by atoms with Crippen LogP contribution >= 0.6 is 0 Å². The molecule has 0 aromatic heterocycles. The monoisotopic (exact) mass is 207 g/mol. The van der Waals surface area contributed by atoms with Gasteiger partial charge < -0.3 is 10.5 Å². The minimum absolute atomic E-state index is 0.260. The van der Waals surface area contributed by atoms with E-state index in [0.29, 0.717) is 0 Å². The Morgan fingerprint density at radius 2 is 1.80 bits per heavy atom. The maximum absolute atomic E-state index is 5.98. The average molecular weight is 207 g/mol. The molecule has 0 saturated heterocycles. The molecule has 1 atom stereocenters.